The van der Waals surface area contributed by atoms with Gasteiger partial charge >= 0.3 is 421 Å². The summed E-state index contributed by atoms with van der Waals surface area (Å²) in [5, 5.41) is 0. The molecule has 9 aromatic rings. The predicted octanol–water partition coefficient (Wildman–Crippen LogP) is 7.75. The monoisotopic (exact) mass is 1200 g/mol. The van der Waals surface area contributed by atoms with Crippen molar-refractivity contribution in [3.63, 3.8) is 0 Å². The number of benzene rings is 9. The molecule has 0 aromatic heterocycles. The van der Waals surface area contributed by atoms with Crippen molar-refractivity contribution in [3.05, 3.63) is 270 Å². The normalized spacial score (nSPS) is 12.9. The third-order valence-electron chi connectivity index (χ3n) is 12.7. The number of hydrogen-bond donors (Lipinski definition) is 0. The second-order valence-corrected chi connectivity index (χ2v) is 42.6. The Morgan fingerprint density at radius 1 is 0.265 bits per heavy atom. The van der Waals surface area contributed by atoms with Crippen LogP contribution in [0.5, 0.6) is 0 Å². The van der Waals surface area contributed by atoms with E-state index in [0.29, 0.717) is 0 Å². The molecule has 0 aliphatic rings. The van der Waals surface area contributed by atoms with Crippen molar-refractivity contribution in [1.82, 2.24) is 0 Å². The van der Waals surface area contributed by atoms with Gasteiger partial charge in [0.25, 0.3) is 0 Å². The summed E-state index contributed by atoms with van der Waals surface area (Å²) in [6.07, 6.45) is 0. The van der Waals surface area contributed by atoms with E-state index < -0.39 is 59.6 Å². The van der Waals surface area contributed by atoms with Crippen molar-refractivity contribution in [2.24, 2.45) is 0 Å². The Kier molecular flexibility index (Phi) is 14.5. The summed E-state index contributed by atoms with van der Waals surface area (Å²) >= 11 is -19.2. The molecule has 68 heavy (non-hydrogen) atoms. The van der Waals surface area contributed by atoms with Gasteiger partial charge < -0.3 is 0 Å². The molecule has 9 aromatic carbocycles. The quantitative estimate of drug-likeness (QED) is 0.0987. The first-order valence-electron chi connectivity index (χ1n) is 22.8. The van der Waals surface area contributed by atoms with Crippen molar-refractivity contribution in [3.8, 4) is 0 Å². The van der Waals surface area contributed by atoms with Crippen molar-refractivity contribution in [2.45, 2.75) is 41.5 Å². The molecule has 0 amide bonds. The summed E-state index contributed by atoms with van der Waals surface area (Å²) in [6, 6.07) is 82.1. The van der Waals surface area contributed by atoms with Gasteiger partial charge in [0.05, 0.1) is 0 Å². The minimum atomic E-state index is -6.55. The Morgan fingerprint density at radius 2 is 0.456 bits per heavy atom. The number of rotatable bonds is 15. The van der Waals surface area contributed by atoms with Crippen molar-refractivity contribution < 1.29 is 9.31 Å². The number of aryl methyl sites for hydroxylation is 3. The predicted molar refractivity (Wildman–Crippen MR) is 290 cm³/mol. The summed E-state index contributed by atoms with van der Waals surface area (Å²) < 4.78 is 52.4. The van der Waals surface area contributed by atoms with E-state index in [4.69, 9.17) is 6.29 Å². The third-order valence-corrected chi connectivity index (χ3v) is 51.7. The van der Waals surface area contributed by atoms with Crippen LogP contribution >= 0.6 is 0 Å². The summed E-state index contributed by atoms with van der Waals surface area (Å²) in [5.41, 5.74) is 6.62. The zero-order valence-corrected chi connectivity index (χ0v) is 47.0. The van der Waals surface area contributed by atoms with Crippen LogP contribution in [0.1, 0.15) is 33.4 Å². The zero-order valence-electron chi connectivity index (χ0n) is 39.3. The van der Waals surface area contributed by atoms with Crippen LogP contribution in [0.4, 0.5) is 0 Å². The molecule has 9 rings (SSSR count). The molecular weight excluding hydrogens is 1140 g/mol. The summed E-state index contributed by atoms with van der Waals surface area (Å²) in [6.45, 7) is 12.9. The molecule has 0 heterocycles. The van der Waals surface area contributed by atoms with Gasteiger partial charge in [-0.25, -0.2) is 0 Å². The van der Waals surface area contributed by atoms with E-state index >= 15 is 3.02 Å². The first kappa shape index (κ1) is 48.1. The van der Waals surface area contributed by atoms with Gasteiger partial charge in [0.2, 0.25) is 0 Å². The van der Waals surface area contributed by atoms with E-state index in [1.807, 2.05) is 36.4 Å². The second-order valence-electron chi connectivity index (χ2n) is 16.8. The molecule has 0 radical (unpaired) electrons. The molecule has 0 N–H and O–H groups in total. The van der Waals surface area contributed by atoms with Gasteiger partial charge in [-0.3, -0.25) is 0 Å². The first-order chi connectivity index (χ1) is 33.0. The molecule has 8 heteroatoms. The van der Waals surface area contributed by atoms with Crippen molar-refractivity contribution >= 4 is 99.7 Å². The fraction of sp³-hybridized carbons (Fsp3) is 0.100. The minimum absolute atomic E-state index is 0.964. The van der Waals surface area contributed by atoms with Crippen LogP contribution < -0.4 is 40.2 Å². The summed E-state index contributed by atoms with van der Waals surface area (Å²) in [7, 11) is 0. The van der Waals surface area contributed by atoms with E-state index in [0.717, 1.165) is 73.5 Å². The average molecular weight is 1200 g/mol. The van der Waals surface area contributed by atoms with Crippen LogP contribution in [0.25, 0.3) is 0 Å². The van der Waals surface area contributed by atoms with Gasteiger partial charge in [-0.15, -0.1) is 0 Å². The molecule has 0 aliphatic carbocycles. The van der Waals surface area contributed by atoms with Gasteiger partial charge in [0.15, 0.2) is 0 Å². The molecule has 0 spiro atoms. The van der Waals surface area contributed by atoms with Crippen molar-refractivity contribution in [1.29, 1.82) is 0 Å². The van der Waals surface area contributed by atoms with E-state index in [2.05, 4.69) is 242 Å². The van der Waals surface area contributed by atoms with E-state index in [1.165, 1.54) is 0 Å². The standard InChI is InChI=1S/3C20H20OSe.O.Sb/c3*1-16-10-9-15-20(17(16)2)22(21,18-11-5-3-6-12-18)19-13-7-4-8-14-19;;/h3*3-15,21H,1-2H3;;/q;;;;+3/p-3. The van der Waals surface area contributed by atoms with Gasteiger partial charge in [0.1, 0.15) is 0 Å². The molecule has 344 valence electrons. The average Bonchev–Trinajstić information content (AvgIpc) is 3.38. The fourth-order valence-electron chi connectivity index (χ4n) is 8.78. The Labute approximate surface area is 416 Å². The van der Waals surface area contributed by atoms with Crippen LogP contribution in [0.2, 0.25) is 0 Å². The second kappa shape index (κ2) is 20.6. The summed E-state index contributed by atoms with van der Waals surface area (Å²) in [5.74, 6) is 0. The van der Waals surface area contributed by atoms with Crippen LogP contribution in [-0.2, 0) is 9.31 Å². The van der Waals surface area contributed by atoms with E-state index in [-0.39, 0.29) is 0 Å². The maximum absolute atomic E-state index is 18.5. The SMILES string of the molecule is Cc1cccc([Se]([O][Sb](=[O])([O][Se](c2ccccc2)(c2ccccc2)c2cccc(C)c2C)[O][Se](c2ccccc2)(c2ccccc2)c2cccc(C)c2C)(c2ccccc2)c2ccccc2)c1C. The Bertz CT molecular complexity index is 2730. The van der Waals surface area contributed by atoms with Crippen LogP contribution in [0.3, 0.4) is 0 Å². The molecule has 0 fully saturated rings. The fourth-order valence-corrected chi connectivity index (χ4v) is 59.4. The van der Waals surface area contributed by atoms with Gasteiger partial charge in [0, 0.05) is 0 Å². The molecule has 0 saturated heterocycles. The van der Waals surface area contributed by atoms with Crippen molar-refractivity contribution in [2.75, 3.05) is 0 Å². The Morgan fingerprint density at radius 3 is 0.647 bits per heavy atom. The van der Waals surface area contributed by atoms with Gasteiger partial charge in [-0.05, 0) is 0 Å². The van der Waals surface area contributed by atoms with Gasteiger partial charge in [-0.2, -0.15) is 0 Å². The topological polar surface area (TPSA) is 44.8 Å². The zero-order chi connectivity index (χ0) is 47.4. The van der Waals surface area contributed by atoms with Crippen LogP contribution in [0.15, 0.2) is 237 Å². The molecule has 0 bridgehead atoms. The molecule has 4 nitrogen and oxygen atoms in total. The maximum atomic E-state index is 18.5. The molecule has 0 saturated carbocycles. The van der Waals surface area contributed by atoms with E-state index in [9.17, 15) is 0 Å². The summed E-state index contributed by atoms with van der Waals surface area (Å²) in [4.78, 5) is 0. The molecule has 0 unspecified atom stereocenters. The Hall–Kier alpha value is -4.96. The first-order valence-corrected chi connectivity index (χ1v) is 36.7. The number of hydrogen-bond acceptors (Lipinski definition) is 4. The van der Waals surface area contributed by atoms with E-state index in [1.54, 1.807) is 0 Å². The third kappa shape index (κ3) is 8.92. The van der Waals surface area contributed by atoms with Gasteiger partial charge in [-0.1, -0.05) is 0 Å². The molecular formula is C60H57O4SbSe3. The molecule has 0 atom stereocenters. The Balaban J connectivity index is 1.48. The van der Waals surface area contributed by atoms with Crippen LogP contribution in [0, 0.1) is 41.5 Å². The molecule has 0 aliphatic heterocycles. The van der Waals surface area contributed by atoms with Crippen LogP contribution in [-0.4, -0.2) is 59.6 Å².